The number of carbonyl (C=O) groups excluding carboxylic acids is 1. The van der Waals surface area contributed by atoms with Crippen molar-refractivity contribution in [3.8, 4) is 0 Å². The second kappa shape index (κ2) is 4.65. The first kappa shape index (κ1) is 10.5. The van der Waals surface area contributed by atoms with Crippen molar-refractivity contribution >= 4 is 6.29 Å². The molecule has 0 N–H and O–H groups in total. The van der Waals surface area contributed by atoms with Crippen molar-refractivity contribution in [3.05, 3.63) is 24.0 Å². The molecule has 1 heterocycles. The summed E-state index contributed by atoms with van der Waals surface area (Å²) in [6, 6.07) is 4.41. The molecule has 1 aliphatic carbocycles. The lowest BCUT2D eigenvalue weighted by atomic mass is 9.96. The normalized spacial score (nSPS) is 27.3. The van der Waals surface area contributed by atoms with Gasteiger partial charge in [-0.25, -0.2) is 0 Å². The van der Waals surface area contributed by atoms with Crippen LogP contribution in [0.15, 0.2) is 18.3 Å². The van der Waals surface area contributed by atoms with Crippen molar-refractivity contribution in [2.24, 2.45) is 5.92 Å². The van der Waals surface area contributed by atoms with Crippen molar-refractivity contribution in [2.75, 3.05) is 0 Å². The lowest BCUT2D eigenvalue weighted by molar-refractivity contribution is 0.111. The monoisotopic (exact) mass is 205 g/mol. The molecule has 0 saturated heterocycles. The molecule has 1 aliphatic rings. The maximum absolute atomic E-state index is 10.9. The Kier molecular flexibility index (Phi) is 3.24. The highest BCUT2D eigenvalue weighted by Crippen LogP contribution is 2.32. The third-order valence-corrected chi connectivity index (χ3v) is 3.61. The highest BCUT2D eigenvalue weighted by Gasteiger charge is 2.22. The predicted octanol–water partition coefficient (Wildman–Crippen LogP) is 3.44. The largest absolute Gasteiger partial charge is 0.342 e. The minimum atomic E-state index is 0.530. The summed E-state index contributed by atoms with van der Waals surface area (Å²) in [5.41, 5.74) is 0.828. The van der Waals surface area contributed by atoms with Gasteiger partial charge in [-0.3, -0.25) is 4.79 Å². The second-order valence-corrected chi connectivity index (χ2v) is 4.64. The fraction of sp³-hybridized carbons (Fsp3) is 0.615. The molecular formula is C13H19NO. The quantitative estimate of drug-likeness (QED) is 0.535. The van der Waals surface area contributed by atoms with Gasteiger partial charge in [0.2, 0.25) is 0 Å². The number of hydrogen-bond acceptors (Lipinski definition) is 1. The van der Waals surface area contributed by atoms with Crippen molar-refractivity contribution in [1.29, 1.82) is 0 Å². The predicted molar refractivity (Wildman–Crippen MR) is 61.1 cm³/mol. The van der Waals surface area contributed by atoms with E-state index in [0.717, 1.165) is 12.0 Å². The Labute approximate surface area is 91.3 Å². The highest BCUT2D eigenvalue weighted by molar-refractivity contribution is 5.72. The van der Waals surface area contributed by atoms with Crippen LogP contribution in [0.1, 0.15) is 55.6 Å². The van der Waals surface area contributed by atoms with E-state index in [-0.39, 0.29) is 0 Å². The molecule has 2 rings (SSSR count). The third-order valence-electron chi connectivity index (χ3n) is 3.61. The first-order valence-electron chi connectivity index (χ1n) is 5.95. The Morgan fingerprint density at radius 3 is 2.93 bits per heavy atom. The SMILES string of the molecule is CC1CCCCCC1n1cccc1C=O. The minimum absolute atomic E-state index is 0.530. The van der Waals surface area contributed by atoms with E-state index in [9.17, 15) is 4.79 Å². The average molecular weight is 205 g/mol. The zero-order valence-corrected chi connectivity index (χ0v) is 9.36. The van der Waals surface area contributed by atoms with Crippen molar-refractivity contribution < 1.29 is 4.79 Å². The summed E-state index contributed by atoms with van der Waals surface area (Å²) >= 11 is 0. The summed E-state index contributed by atoms with van der Waals surface area (Å²) < 4.78 is 2.17. The third kappa shape index (κ3) is 2.14. The van der Waals surface area contributed by atoms with Crippen LogP contribution in [0.5, 0.6) is 0 Å². The first-order chi connectivity index (χ1) is 7.33. The standard InChI is InChI=1S/C13H19NO/c1-11-6-3-2-4-8-13(11)14-9-5-7-12(14)10-15/h5,7,9-11,13H,2-4,6,8H2,1H3. The van der Waals surface area contributed by atoms with Gasteiger partial charge in [0.15, 0.2) is 6.29 Å². The van der Waals surface area contributed by atoms with Crippen molar-refractivity contribution in [1.82, 2.24) is 4.57 Å². The van der Waals surface area contributed by atoms with E-state index < -0.39 is 0 Å². The molecule has 0 spiro atoms. The molecule has 1 fully saturated rings. The zero-order chi connectivity index (χ0) is 10.7. The molecule has 1 aromatic heterocycles. The average Bonchev–Trinajstić information content (AvgIpc) is 2.61. The molecule has 0 aliphatic heterocycles. The number of nitrogens with zero attached hydrogens (tertiary/aromatic N) is 1. The molecule has 0 aromatic carbocycles. The van der Waals surface area contributed by atoms with Gasteiger partial charge in [-0.15, -0.1) is 0 Å². The summed E-state index contributed by atoms with van der Waals surface area (Å²) in [5, 5.41) is 0. The smallest absolute Gasteiger partial charge is 0.166 e. The molecular weight excluding hydrogens is 186 g/mol. The van der Waals surface area contributed by atoms with E-state index in [1.807, 2.05) is 12.1 Å². The summed E-state index contributed by atoms with van der Waals surface area (Å²) in [6.07, 6.45) is 9.52. The van der Waals surface area contributed by atoms with Crippen molar-refractivity contribution in [2.45, 2.75) is 45.1 Å². The molecule has 2 heteroatoms. The van der Waals surface area contributed by atoms with E-state index in [1.54, 1.807) is 0 Å². The van der Waals surface area contributed by atoms with Gasteiger partial charge < -0.3 is 4.57 Å². The summed E-state index contributed by atoms with van der Waals surface area (Å²) in [5.74, 6) is 0.693. The van der Waals surface area contributed by atoms with E-state index in [1.165, 1.54) is 32.1 Å². The van der Waals surface area contributed by atoms with Crippen LogP contribution >= 0.6 is 0 Å². The van der Waals surface area contributed by atoms with Crippen LogP contribution in [0.25, 0.3) is 0 Å². The Hall–Kier alpha value is -1.05. The van der Waals surface area contributed by atoms with Gasteiger partial charge in [0, 0.05) is 12.2 Å². The Bertz CT molecular complexity index is 329. The van der Waals surface area contributed by atoms with Gasteiger partial charge in [0.25, 0.3) is 0 Å². The number of aldehydes is 1. The zero-order valence-electron chi connectivity index (χ0n) is 9.36. The Morgan fingerprint density at radius 1 is 1.33 bits per heavy atom. The first-order valence-corrected chi connectivity index (χ1v) is 5.95. The molecule has 1 aromatic rings. The highest BCUT2D eigenvalue weighted by atomic mass is 16.1. The van der Waals surface area contributed by atoms with Crippen LogP contribution in [-0.4, -0.2) is 10.9 Å². The number of rotatable bonds is 2. The fourth-order valence-corrected chi connectivity index (χ4v) is 2.70. The number of carbonyl (C=O) groups is 1. The van der Waals surface area contributed by atoms with Crippen LogP contribution < -0.4 is 0 Å². The molecule has 1 saturated carbocycles. The Morgan fingerprint density at radius 2 is 2.13 bits per heavy atom. The van der Waals surface area contributed by atoms with Crippen LogP contribution in [0, 0.1) is 5.92 Å². The molecule has 82 valence electrons. The lowest BCUT2D eigenvalue weighted by Gasteiger charge is -2.24. The van der Waals surface area contributed by atoms with Crippen LogP contribution in [-0.2, 0) is 0 Å². The minimum Gasteiger partial charge on any atom is -0.342 e. The summed E-state index contributed by atoms with van der Waals surface area (Å²) in [6.45, 7) is 2.31. The van der Waals surface area contributed by atoms with Crippen LogP contribution in [0.2, 0.25) is 0 Å². The molecule has 0 amide bonds. The van der Waals surface area contributed by atoms with Gasteiger partial charge in [-0.05, 0) is 30.9 Å². The van der Waals surface area contributed by atoms with Crippen LogP contribution in [0.4, 0.5) is 0 Å². The van der Waals surface area contributed by atoms with E-state index >= 15 is 0 Å². The molecule has 2 nitrogen and oxygen atoms in total. The van der Waals surface area contributed by atoms with Gasteiger partial charge >= 0.3 is 0 Å². The summed E-state index contributed by atoms with van der Waals surface area (Å²) in [4.78, 5) is 10.9. The van der Waals surface area contributed by atoms with Crippen LogP contribution in [0.3, 0.4) is 0 Å². The number of hydrogen-bond donors (Lipinski definition) is 0. The number of aromatic nitrogens is 1. The topological polar surface area (TPSA) is 22.0 Å². The summed E-state index contributed by atoms with van der Waals surface area (Å²) in [7, 11) is 0. The molecule has 0 radical (unpaired) electrons. The van der Waals surface area contributed by atoms with Gasteiger partial charge in [-0.2, -0.15) is 0 Å². The van der Waals surface area contributed by atoms with E-state index in [0.29, 0.717) is 12.0 Å². The maximum Gasteiger partial charge on any atom is 0.166 e. The van der Waals surface area contributed by atoms with Crippen molar-refractivity contribution in [3.63, 3.8) is 0 Å². The lowest BCUT2D eigenvalue weighted by Crippen LogP contribution is -2.17. The van der Waals surface area contributed by atoms with Gasteiger partial charge in [0.1, 0.15) is 0 Å². The van der Waals surface area contributed by atoms with Gasteiger partial charge in [0.05, 0.1) is 5.69 Å². The fourth-order valence-electron chi connectivity index (χ4n) is 2.70. The van der Waals surface area contributed by atoms with Gasteiger partial charge in [-0.1, -0.05) is 26.2 Å². The molecule has 15 heavy (non-hydrogen) atoms. The molecule has 2 unspecified atom stereocenters. The second-order valence-electron chi connectivity index (χ2n) is 4.64. The van der Waals surface area contributed by atoms with E-state index in [4.69, 9.17) is 0 Å². The molecule has 0 bridgehead atoms. The molecule has 2 atom stereocenters. The van der Waals surface area contributed by atoms with E-state index in [2.05, 4.69) is 17.7 Å². The Balaban J connectivity index is 2.23. The maximum atomic E-state index is 10.9.